The lowest BCUT2D eigenvalue weighted by atomic mass is 9.96. The molecule has 1 aromatic carbocycles. The summed E-state index contributed by atoms with van der Waals surface area (Å²) in [5, 5.41) is 9.92. The third kappa shape index (κ3) is 4.05. The standard InChI is InChI=1S/C17H26N2O2/c1-13-9-10-19(11-16(13)20)12-17(21)18(3)14(2)15-7-5-4-6-8-15/h4-8,13-14,16,20H,9-12H2,1-3H3. The minimum Gasteiger partial charge on any atom is -0.392 e. The van der Waals surface area contributed by atoms with Crippen molar-refractivity contribution in [1.82, 2.24) is 9.80 Å². The Labute approximate surface area is 127 Å². The highest BCUT2D eigenvalue weighted by Crippen LogP contribution is 2.20. The van der Waals surface area contributed by atoms with E-state index >= 15 is 0 Å². The number of β-amino-alcohol motifs (C(OH)–C–C–N with tert-alkyl or cyclic N) is 1. The first-order chi connectivity index (χ1) is 9.99. The maximum atomic E-state index is 12.4. The van der Waals surface area contributed by atoms with E-state index in [1.54, 1.807) is 4.90 Å². The van der Waals surface area contributed by atoms with Gasteiger partial charge in [-0.25, -0.2) is 0 Å². The molecular weight excluding hydrogens is 264 g/mol. The summed E-state index contributed by atoms with van der Waals surface area (Å²) in [5.74, 6) is 0.436. The summed E-state index contributed by atoms with van der Waals surface area (Å²) >= 11 is 0. The summed E-state index contributed by atoms with van der Waals surface area (Å²) in [6, 6.07) is 10.1. The van der Waals surface area contributed by atoms with Crippen LogP contribution in [-0.4, -0.2) is 53.6 Å². The van der Waals surface area contributed by atoms with Gasteiger partial charge in [0.25, 0.3) is 0 Å². The van der Waals surface area contributed by atoms with E-state index in [9.17, 15) is 9.90 Å². The van der Waals surface area contributed by atoms with Crippen LogP contribution in [0.25, 0.3) is 0 Å². The van der Waals surface area contributed by atoms with Crippen LogP contribution in [0.2, 0.25) is 0 Å². The van der Waals surface area contributed by atoms with E-state index in [1.807, 2.05) is 44.3 Å². The largest absolute Gasteiger partial charge is 0.392 e. The number of rotatable bonds is 4. The Morgan fingerprint density at radius 1 is 1.43 bits per heavy atom. The maximum absolute atomic E-state index is 12.4. The van der Waals surface area contributed by atoms with Crippen molar-refractivity contribution in [2.75, 3.05) is 26.7 Å². The molecule has 0 aliphatic carbocycles. The molecule has 21 heavy (non-hydrogen) atoms. The molecule has 0 spiro atoms. The van der Waals surface area contributed by atoms with Crippen LogP contribution in [0.4, 0.5) is 0 Å². The molecule has 4 heteroatoms. The first-order valence-electron chi connectivity index (χ1n) is 7.70. The van der Waals surface area contributed by atoms with E-state index < -0.39 is 0 Å². The Hall–Kier alpha value is -1.39. The van der Waals surface area contributed by atoms with Crippen LogP contribution < -0.4 is 0 Å². The predicted octanol–water partition coefficient (Wildman–Crippen LogP) is 1.91. The molecule has 0 bridgehead atoms. The van der Waals surface area contributed by atoms with Gasteiger partial charge in [-0.15, -0.1) is 0 Å². The number of hydrogen-bond donors (Lipinski definition) is 1. The summed E-state index contributed by atoms with van der Waals surface area (Å²) in [5.41, 5.74) is 1.14. The summed E-state index contributed by atoms with van der Waals surface area (Å²) in [7, 11) is 1.85. The number of aliphatic hydroxyl groups is 1. The van der Waals surface area contributed by atoms with Gasteiger partial charge < -0.3 is 10.0 Å². The van der Waals surface area contributed by atoms with E-state index in [0.717, 1.165) is 18.5 Å². The molecule has 4 nitrogen and oxygen atoms in total. The fourth-order valence-electron chi connectivity index (χ4n) is 2.73. The topological polar surface area (TPSA) is 43.8 Å². The molecule has 1 N–H and O–H groups in total. The second kappa shape index (κ2) is 7.05. The Balaban J connectivity index is 1.91. The van der Waals surface area contributed by atoms with Gasteiger partial charge in [0.1, 0.15) is 0 Å². The number of nitrogens with zero attached hydrogens (tertiary/aromatic N) is 2. The van der Waals surface area contributed by atoms with Gasteiger partial charge in [-0.1, -0.05) is 37.3 Å². The Bertz CT molecular complexity index is 463. The van der Waals surface area contributed by atoms with Gasteiger partial charge in [-0.3, -0.25) is 9.69 Å². The molecule has 1 aliphatic heterocycles. The fraction of sp³-hybridized carbons (Fsp3) is 0.588. The number of amides is 1. The van der Waals surface area contributed by atoms with E-state index in [1.165, 1.54) is 0 Å². The van der Waals surface area contributed by atoms with Crippen LogP contribution >= 0.6 is 0 Å². The molecule has 1 heterocycles. The molecule has 1 aromatic rings. The van der Waals surface area contributed by atoms with Crippen LogP contribution in [0.5, 0.6) is 0 Å². The van der Waals surface area contributed by atoms with Gasteiger partial charge in [0.05, 0.1) is 18.7 Å². The van der Waals surface area contributed by atoms with Gasteiger partial charge in [0.2, 0.25) is 5.91 Å². The molecule has 0 saturated carbocycles. The van der Waals surface area contributed by atoms with Gasteiger partial charge in [-0.05, 0) is 31.4 Å². The van der Waals surface area contributed by atoms with Crippen LogP contribution in [0, 0.1) is 5.92 Å². The molecule has 0 aromatic heterocycles. The quantitative estimate of drug-likeness (QED) is 0.921. The summed E-state index contributed by atoms with van der Waals surface area (Å²) < 4.78 is 0. The molecule has 1 aliphatic rings. The molecule has 2 rings (SSSR count). The number of benzene rings is 1. The molecule has 116 valence electrons. The zero-order chi connectivity index (χ0) is 15.4. The molecule has 1 saturated heterocycles. The molecule has 1 amide bonds. The number of carbonyl (C=O) groups is 1. The first kappa shape index (κ1) is 16.0. The van der Waals surface area contributed by atoms with E-state index in [2.05, 4.69) is 11.8 Å². The lowest BCUT2D eigenvalue weighted by Crippen LogP contribution is -2.47. The van der Waals surface area contributed by atoms with Gasteiger partial charge >= 0.3 is 0 Å². The smallest absolute Gasteiger partial charge is 0.236 e. The van der Waals surface area contributed by atoms with Crippen molar-refractivity contribution in [1.29, 1.82) is 0 Å². The van der Waals surface area contributed by atoms with Gasteiger partial charge in [-0.2, -0.15) is 0 Å². The second-order valence-electron chi connectivity index (χ2n) is 6.16. The first-order valence-corrected chi connectivity index (χ1v) is 7.70. The SMILES string of the molecule is CC1CCN(CC(=O)N(C)C(C)c2ccccc2)CC1O. The predicted molar refractivity (Wildman–Crippen MR) is 83.9 cm³/mol. The van der Waals surface area contributed by atoms with Crippen molar-refractivity contribution >= 4 is 5.91 Å². The van der Waals surface area contributed by atoms with Crippen molar-refractivity contribution in [3.8, 4) is 0 Å². The summed E-state index contributed by atoms with van der Waals surface area (Å²) in [6.45, 7) is 5.98. The summed E-state index contributed by atoms with van der Waals surface area (Å²) in [6.07, 6.45) is 0.634. The van der Waals surface area contributed by atoms with Gasteiger partial charge in [0, 0.05) is 13.6 Å². The Morgan fingerprint density at radius 2 is 2.10 bits per heavy atom. The fourth-order valence-corrected chi connectivity index (χ4v) is 2.73. The van der Waals surface area contributed by atoms with Crippen LogP contribution in [-0.2, 0) is 4.79 Å². The monoisotopic (exact) mass is 290 g/mol. The number of hydrogen-bond acceptors (Lipinski definition) is 3. The van der Waals surface area contributed by atoms with Crippen molar-refractivity contribution in [3.05, 3.63) is 35.9 Å². The molecule has 1 fully saturated rings. The van der Waals surface area contributed by atoms with E-state index in [0.29, 0.717) is 19.0 Å². The number of aliphatic hydroxyl groups excluding tert-OH is 1. The van der Waals surface area contributed by atoms with E-state index in [-0.39, 0.29) is 18.1 Å². The number of carbonyl (C=O) groups excluding carboxylic acids is 1. The zero-order valence-electron chi connectivity index (χ0n) is 13.2. The minimum atomic E-state index is -0.316. The summed E-state index contributed by atoms with van der Waals surface area (Å²) in [4.78, 5) is 16.3. The van der Waals surface area contributed by atoms with Crippen LogP contribution in [0.1, 0.15) is 31.9 Å². The highest BCUT2D eigenvalue weighted by molar-refractivity contribution is 5.78. The lowest BCUT2D eigenvalue weighted by molar-refractivity contribution is -0.134. The minimum absolute atomic E-state index is 0.0623. The van der Waals surface area contributed by atoms with Crippen LogP contribution in [0.15, 0.2) is 30.3 Å². The zero-order valence-corrected chi connectivity index (χ0v) is 13.2. The second-order valence-corrected chi connectivity index (χ2v) is 6.16. The highest BCUT2D eigenvalue weighted by atomic mass is 16.3. The Kier molecular flexibility index (Phi) is 5.37. The normalized spacial score (nSPS) is 24.6. The molecule has 3 unspecified atom stereocenters. The van der Waals surface area contributed by atoms with Crippen molar-refractivity contribution in [2.45, 2.75) is 32.4 Å². The number of likely N-dealkylation sites (tertiary alicyclic amines) is 1. The van der Waals surface area contributed by atoms with Crippen LogP contribution in [0.3, 0.4) is 0 Å². The van der Waals surface area contributed by atoms with E-state index in [4.69, 9.17) is 0 Å². The number of piperidine rings is 1. The molecule has 3 atom stereocenters. The average Bonchev–Trinajstić information content (AvgIpc) is 2.50. The third-order valence-corrected chi connectivity index (χ3v) is 4.62. The lowest BCUT2D eigenvalue weighted by Gasteiger charge is -2.35. The molecule has 0 radical (unpaired) electrons. The van der Waals surface area contributed by atoms with Gasteiger partial charge in [0.15, 0.2) is 0 Å². The maximum Gasteiger partial charge on any atom is 0.236 e. The Morgan fingerprint density at radius 3 is 2.71 bits per heavy atom. The van der Waals surface area contributed by atoms with Crippen molar-refractivity contribution < 1.29 is 9.90 Å². The average molecular weight is 290 g/mol. The molecular formula is C17H26N2O2. The number of likely N-dealkylation sites (N-methyl/N-ethyl adjacent to an activating group) is 1. The third-order valence-electron chi connectivity index (χ3n) is 4.62. The van der Waals surface area contributed by atoms with Crippen molar-refractivity contribution in [3.63, 3.8) is 0 Å². The highest BCUT2D eigenvalue weighted by Gasteiger charge is 2.27. The van der Waals surface area contributed by atoms with Crippen molar-refractivity contribution in [2.24, 2.45) is 5.92 Å².